The van der Waals surface area contributed by atoms with Gasteiger partial charge >= 0.3 is 0 Å². The number of benzene rings is 2. The van der Waals surface area contributed by atoms with Crippen LogP contribution < -0.4 is 20.3 Å². The van der Waals surface area contributed by atoms with Crippen molar-refractivity contribution in [3.8, 4) is 5.75 Å². The first kappa shape index (κ1) is 22.5. The molecule has 0 spiro atoms. The van der Waals surface area contributed by atoms with Crippen LogP contribution in [0.3, 0.4) is 0 Å². The molecule has 0 saturated carbocycles. The van der Waals surface area contributed by atoms with E-state index in [1.807, 2.05) is 36.1 Å². The van der Waals surface area contributed by atoms with E-state index in [4.69, 9.17) is 9.47 Å². The lowest BCUT2D eigenvalue weighted by atomic mass is 10.3. The Bertz CT molecular complexity index is 986. The first-order valence-corrected chi connectivity index (χ1v) is 9.81. The second-order valence-corrected chi connectivity index (χ2v) is 6.60. The normalized spacial score (nSPS) is 13.3. The molecular formula is C21H24ClFN6O2. The van der Waals surface area contributed by atoms with Crippen LogP contribution >= 0.6 is 12.4 Å². The smallest absolute Gasteiger partial charge is 0.233 e. The molecule has 1 saturated heterocycles. The average molecular weight is 447 g/mol. The summed E-state index contributed by atoms with van der Waals surface area (Å²) in [7, 11) is 0. The van der Waals surface area contributed by atoms with E-state index < -0.39 is 0 Å². The van der Waals surface area contributed by atoms with Gasteiger partial charge in [0.1, 0.15) is 11.6 Å². The number of nitrogens with zero attached hydrogens (tertiary/aromatic N) is 4. The van der Waals surface area contributed by atoms with Gasteiger partial charge in [0.25, 0.3) is 0 Å². The van der Waals surface area contributed by atoms with Crippen molar-refractivity contribution in [2.24, 2.45) is 0 Å². The van der Waals surface area contributed by atoms with Gasteiger partial charge in [0.15, 0.2) is 0 Å². The summed E-state index contributed by atoms with van der Waals surface area (Å²) in [6.07, 6.45) is 0. The zero-order valence-electron chi connectivity index (χ0n) is 17.0. The summed E-state index contributed by atoms with van der Waals surface area (Å²) in [5.74, 6) is 1.69. The minimum Gasteiger partial charge on any atom is -0.494 e. The Morgan fingerprint density at radius 3 is 2.29 bits per heavy atom. The standard InChI is InChI=1S/C21H23FN6O2.ClH/c1-2-30-18-8-6-16(7-9-18)23-19-25-20(24-17-5-3-4-15(22)14-17)27-21(26-19)28-10-12-29-13-11-28;/h3-9,14H,2,10-13H2,1H3,(H2,23,24,25,26,27);1H. The molecule has 2 heterocycles. The lowest BCUT2D eigenvalue weighted by Crippen LogP contribution is -2.37. The molecule has 0 unspecified atom stereocenters. The molecule has 1 aromatic heterocycles. The van der Waals surface area contributed by atoms with Crippen LogP contribution in [0.2, 0.25) is 0 Å². The topological polar surface area (TPSA) is 84.4 Å². The molecule has 0 amide bonds. The highest BCUT2D eigenvalue weighted by molar-refractivity contribution is 5.85. The molecule has 10 heteroatoms. The maximum Gasteiger partial charge on any atom is 0.233 e. The summed E-state index contributed by atoms with van der Waals surface area (Å²) >= 11 is 0. The second kappa shape index (κ2) is 10.7. The minimum atomic E-state index is -0.338. The Balaban J connectivity index is 0.00000272. The van der Waals surface area contributed by atoms with Crippen molar-refractivity contribution in [3.63, 3.8) is 0 Å². The second-order valence-electron chi connectivity index (χ2n) is 6.60. The number of anilines is 5. The van der Waals surface area contributed by atoms with E-state index in [-0.39, 0.29) is 18.2 Å². The van der Waals surface area contributed by atoms with Crippen LogP contribution in [0.1, 0.15) is 6.92 Å². The molecule has 0 radical (unpaired) electrons. The molecule has 0 atom stereocenters. The van der Waals surface area contributed by atoms with Gasteiger partial charge in [-0.3, -0.25) is 0 Å². The van der Waals surface area contributed by atoms with Gasteiger partial charge < -0.3 is 25.0 Å². The summed E-state index contributed by atoms with van der Waals surface area (Å²) in [6, 6.07) is 13.7. The maximum absolute atomic E-state index is 13.6. The van der Waals surface area contributed by atoms with E-state index in [1.165, 1.54) is 12.1 Å². The number of hydrogen-bond donors (Lipinski definition) is 2. The van der Waals surface area contributed by atoms with Gasteiger partial charge in [-0.1, -0.05) is 6.07 Å². The van der Waals surface area contributed by atoms with Crippen LogP contribution in [-0.4, -0.2) is 47.9 Å². The van der Waals surface area contributed by atoms with Crippen molar-refractivity contribution < 1.29 is 13.9 Å². The molecule has 164 valence electrons. The molecule has 2 N–H and O–H groups in total. The van der Waals surface area contributed by atoms with Crippen LogP contribution in [0, 0.1) is 5.82 Å². The van der Waals surface area contributed by atoms with Crippen molar-refractivity contribution in [1.29, 1.82) is 0 Å². The molecule has 2 aromatic carbocycles. The summed E-state index contributed by atoms with van der Waals surface area (Å²) in [4.78, 5) is 15.6. The fraction of sp³-hybridized carbons (Fsp3) is 0.286. The number of aromatic nitrogens is 3. The molecule has 4 rings (SSSR count). The largest absolute Gasteiger partial charge is 0.494 e. The number of ether oxygens (including phenoxy) is 2. The van der Waals surface area contributed by atoms with Crippen LogP contribution in [0.4, 0.5) is 33.6 Å². The summed E-state index contributed by atoms with van der Waals surface area (Å²) in [5, 5.41) is 6.26. The Labute approximate surface area is 186 Å². The molecule has 0 aliphatic carbocycles. The van der Waals surface area contributed by atoms with Gasteiger partial charge in [-0.25, -0.2) is 4.39 Å². The summed E-state index contributed by atoms with van der Waals surface area (Å²) < 4.78 is 24.5. The van der Waals surface area contributed by atoms with Gasteiger partial charge in [-0.15, -0.1) is 12.4 Å². The first-order chi connectivity index (χ1) is 14.7. The van der Waals surface area contributed by atoms with Gasteiger partial charge in [-0.2, -0.15) is 15.0 Å². The van der Waals surface area contributed by atoms with E-state index in [0.29, 0.717) is 56.4 Å². The summed E-state index contributed by atoms with van der Waals surface area (Å²) in [5.41, 5.74) is 1.37. The van der Waals surface area contributed by atoms with Crippen molar-refractivity contribution >= 4 is 41.6 Å². The lowest BCUT2D eigenvalue weighted by Gasteiger charge is -2.27. The van der Waals surface area contributed by atoms with E-state index in [2.05, 4.69) is 25.6 Å². The van der Waals surface area contributed by atoms with Crippen molar-refractivity contribution in [2.75, 3.05) is 48.4 Å². The van der Waals surface area contributed by atoms with Gasteiger partial charge in [0.2, 0.25) is 17.8 Å². The van der Waals surface area contributed by atoms with Gasteiger partial charge in [0.05, 0.1) is 19.8 Å². The van der Waals surface area contributed by atoms with Crippen LogP contribution in [-0.2, 0) is 4.74 Å². The van der Waals surface area contributed by atoms with Crippen molar-refractivity contribution in [2.45, 2.75) is 6.92 Å². The molecular weight excluding hydrogens is 423 g/mol. The Morgan fingerprint density at radius 1 is 0.968 bits per heavy atom. The third-order valence-corrected chi connectivity index (χ3v) is 4.42. The Hall–Kier alpha value is -3.17. The number of nitrogens with one attached hydrogen (secondary N) is 2. The Kier molecular flexibility index (Phi) is 7.80. The third kappa shape index (κ3) is 6.16. The summed E-state index contributed by atoms with van der Waals surface area (Å²) in [6.45, 7) is 5.15. The zero-order chi connectivity index (χ0) is 20.8. The van der Waals surface area contributed by atoms with Crippen molar-refractivity contribution in [1.82, 2.24) is 15.0 Å². The number of morpholine rings is 1. The van der Waals surface area contributed by atoms with Gasteiger partial charge in [0, 0.05) is 24.5 Å². The quantitative estimate of drug-likeness (QED) is 0.559. The SMILES string of the molecule is CCOc1ccc(Nc2nc(Nc3cccc(F)c3)nc(N3CCOCC3)n2)cc1.Cl. The first-order valence-electron chi connectivity index (χ1n) is 9.81. The predicted molar refractivity (Wildman–Crippen MR) is 121 cm³/mol. The molecule has 31 heavy (non-hydrogen) atoms. The van der Waals surface area contributed by atoms with E-state index >= 15 is 0 Å². The molecule has 1 aliphatic heterocycles. The maximum atomic E-state index is 13.6. The van der Waals surface area contributed by atoms with Crippen LogP contribution in [0.15, 0.2) is 48.5 Å². The monoisotopic (exact) mass is 446 g/mol. The minimum absolute atomic E-state index is 0. The van der Waals surface area contributed by atoms with Crippen LogP contribution in [0.25, 0.3) is 0 Å². The Morgan fingerprint density at radius 2 is 1.65 bits per heavy atom. The molecule has 1 fully saturated rings. The predicted octanol–water partition coefficient (Wildman–Crippen LogP) is 4.16. The zero-order valence-corrected chi connectivity index (χ0v) is 17.9. The molecule has 0 bridgehead atoms. The highest BCUT2D eigenvalue weighted by atomic mass is 35.5. The number of hydrogen-bond acceptors (Lipinski definition) is 8. The molecule has 1 aliphatic rings. The number of rotatable bonds is 7. The number of halogens is 2. The fourth-order valence-electron chi connectivity index (χ4n) is 3.01. The molecule has 3 aromatic rings. The highest BCUT2D eigenvalue weighted by Gasteiger charge is 2.17. The molecule has 8 nitrogen and oxygen atoms in total. The van der Waals surface area contributed by atoms with E-state index in [9.17, 15) is 4.39 Å². The van der Waals surface area contributed by atoms with E-state index in [1.54, 1.807) is 12.1 Å². The average Bonchev–Trinajstić information content (AvgIpc) is 2.76. The fourth-order valence-corrected chi connectivity index (χ4v) is 3.01. The highest BCUT2D eigenvalue weighted by Crippen LogP contribution is 2.22. The van der Waals surface area contributed by atoms with Crippen LogP contribution in [0.5, 0.6) is 5.75 Å². The third-order valence-electron chi connectivity index (χ3n) is 4.42. The lowest BCUT2D eigenvalue weighted by molar-refractivity contribution is 0.122. The van der Waals surface area contributed by atoms with Gasteiger partial charge in [-0.05, 0) is 49.4 Å². The van der Waals surface area contributed by atoms with Crippen molar-refractivity contribution in [3.05, 3.63) is 54.3 Å². The van der Waals surface area contributed by atoms with E-state index in [0.717, 1.165) is 11.4 Å².